The van der Waals surface area contributed by atoms with E-state index in [0.717, 1.165) is 31.7 Å². The number of hydrogen-bond donors (Lipinski definition) is 3. The Morgan fingerprint density at radius 3 is 2.67 bits per heavy atom. The number of pyridine rings is 1. The van der Waals surface area contributed by atoms with E-state index in [4.69, 9.17) is 5.41 Å². The third-order valence-corrected chi connectivity index (χ3v) is 3.95. The maximum Gasteiger partial charge on any atom is 1.00 e. The third kappa shape index (κ3) is 4.73. The largest absolute Gasteiger partial charge is 1.00 e. The van der Waals surface area contributed by atoms with Gasteiger partial charge in [0, 0.05) is 25.0 Å². The molecule has 3 heterocycles. The van der Waals surface area contributed by atoms with Gasteiger partial charge in [0.25, 0.3) is 0 Å². The van der Waals surface area contributed by atoms with Gasteiger partial charge in [-0.25, -0.2) is 9.97 Å². The summed E-state index contributed by atoms with van der Waals surface area (Å²) in [4.78, 5) is 14.9. The summed E-state index contributed by atoms with van der Waals surface area (Å²) in [5, 5.41) is 20.3. The predicted octanol–water partition coefficient (Wildman–Crippen LogP) is -1.23. The molecule has 1 aliphatic heterocycles. The number of aliphatic hydroxyl groups is 1. The second kappa shape index (κ2) is 8.02. The Labute approximate surface area is 163 Å². The number of piperidine rings is 1. The first-order valence-electron chi connectivity index (χ1n) is 7.50. The monoisotopic (exact) mass is 334 g/mol. The zero-order valence-corrected chi connectivity index (χ0v) is 16.0. The van der Waals surface area contributed by atoms with Gasteiger partial charge in [-0.1, -0.05) is 12.4 Å². The quantitative estimate of drug-likeness (QED) is 0.368. The van der Waals surface area contributed by atoms with Crippen LogP contribution in [0.25, 0.3) is 0 Å². The number of aromatic nitrogens is 3. The Bertz CT molecular complexity index is 681. The standard InChI is InChI=1S/C16H19N6O.Na/c1-16(23)4-6-22(7-5-16)15-8-14(19-11-20-15)21-13-3-2-12(9-17)10-18-13;/h3,8-11,17,23H,4-7H2,1H3,(H,18,19,20,21);/q-1;+1. The van der Waals surface area contributed by atoms with Gasteiger partial charge in [0.15, 0.2) is 0 Å². The summed E-state index contributed by atoms with van der Waals surface area (Å²) < 4.78 is 0. The molecule has 1 fully saturated rings. The molecule has 0 amide bonds. The van der Waals surface area contributed by atoms with Crippen LogP contribution in [0.5, 0.6) is 0 Å². The second-order valence-electron chi connectivity index (χ2n) is 5.90. The minimum Gasteiger partial charge on any atom is -0.390 e. The molecule has 7 nitrogen and oxygen atoms in total. The number of hydrogen-bond acceptors (Lipinski definition) is 7. The van der Waals surface area contributed by atoms with Crippen LogP contribution in [0.4, 0.5) is 17.5 Å². The van der Waals surface area contributed by atoms with Crippen LogP contribution in [0.2, 0.25) is 0 Å². The van der Waals surface area contributed by atoms with Gasteiger partial charge in [0.2, 0.25) is 0 Å². The number of nitrogens with zero attached hydrogens (tertiary/aromatic N) is 4. The molecule has 2 aromatic rings. The van der Waals surface area contributed by atoms with Crippen LogP contribution >= 0.6 is 0 Å². The molecule has 0 bridgehead atoms. The average Bonchev–Trinajstić information content (AvgIpc) is 2.56. The topological polar surface area (TPSA) is 98.0 Å². The predicted molar refractivity (Wildman–Crippen MR) is 88.3 cm³/mol. The van der Waals surface area contributed by atoms with E-state index in [-0.39, 0.29) is 29.6 Å². The summed E-state index contributed by atoms with van der Waals surface area (Å²) in [6.45, 7) is 3.41. The molecule has 0 aliphatic carbocycles. The minimum absolute atomic E-state index is 0. The van der Waals surface area contributed by atoms with Gasteiger partial charge in [-0.3, -0.25) is 0 Å². The van der Waals surface area contributed by atoms with Crippen molar-refractivity contribution in [2.75, 3.05) is 23.3 Å². The van der Waals surface area contributed by atoms with Crippen molar-refractivity contribution in [3.63, 3.8) is 0 Å². The van der Waals surface area contributed by atoms with Gasteiger partial charge < -0.3 is 25.7 Å². The van der Waals surface area contributed by atoms with Gasteiger partial charge in [-0.15, -0.1) is 17.7 Å². The molecular formula is C16H19N6NaO. The fourth-order valence-electron chi connectivity index (χ4n) is 2.45. The molecule has 24 heavy (non-hydrogen) atoms. The summed E-state index contributed by atoms with van der Waals surface area (Å²) in [5.74, 6) is 2.09. The molecule has 0 aromatic carbocycles. The van der Waals surface area contributed by atoms with Crippen LogP contribution in [0.15, 0.2) is 24.7 Å². The normalized spacial score (nSPS) is 16.2. The molecule has 3 rings (SSSR count). The van der Waals surface area contributed by atoms with Crippen LogP contribution in [-0.2, 0) is 0 Å². The zero-order chi connectivity index (χ0) is 16.3. The number of nitrogens with one attached hydrogen (secondary N) is 2. The molecular weight excluding hydrogens is 315 g/mol. The second-order valence-corrected chi connectivity index (χ2v) is 5.90. The maximum atomic E-state index is 10.0. The first-order chi connectivity index (χ1) is 11.1. The average molecular weight is 334 g/mol. The molecule has 120 valence electrons. The van der Waals surface area contributed by atoms with E-state index in [1.807, 2.05) is 13.0 Å². The third-order valence-electron chi connectivity index (χ3n) is 3.95. The molecule has 8 heteroatoms. The van der Waals surface area contributed by atoms with Crippen molar-refractivity contribution in [2.45, 2.75) is 25.4 Å². The Morgan fingerprint density at radius 2 is 2.04 bits per heavy atom. The summed E-state index contributed by atoms with van der Waals surface area (Å²) in [6, 6.07) is 6.49. The van der Waals surface area contributed by atoms with Crippen molar-refractivity contribution in [1.82, 2.24) is 15.0 Å². The molecule has 0 radical (unpaired) electrons. The zero-order valence-electron chi connectivity index (χ0n) is 14.0. The summed E-state index contributed by atoms with van der Waals surface area (Å²) in [7, 11) is 0. The minimum atomic E-state index is -0.582. The van der Waals surface area contributed by atoms with Crippen LogP contribution < -0.4 is 39.8 Å². The van der Waals surface area contributed by atoms with E-state index in [9.17, 15) is 5.11 Å². The van der Waals surface area contributed by atoms with Crippen LogP contribution in [0.1, 0.15) is 25.3 Å². The first-order valence-corrected chi connectivity index (χ1v) is 7.50. The fraction of sp³-hybridized carbons (Fsp3) is 0.375. The van der Waals surface area contributed by atoms with Gasteiger partial charge in [-0.2, -0.15) is 0 Å². The van der Waals surface area contributed by atoms with E-state index >= 15 is 0 Å². The van der Waals surface area contributed by atoms with Crippen molar-refractivity contribution in [3.05, 3.63) is 36.3 Å². The van der Waals surface area contributed by atoms with Gasteiger partial charge in [0.05, 0.1) is 5.60 Å². The Morgan fingerprint density at radius 1 is 1.29 bits per heavy atom. The van der Waals surface area contributed by atoms with E-state index in [2.05, 4.69) is 31.2 Å². The van der Waals surface area contributed by atoms with Crippen molar-refractivity contribution in [1.29, 1.82) is 5.41 Å². The van der Waals surface area contributed by atoms with Crippen LogP contribution in [0, 0.1) is 11.5 Å². The number of rotatable bonds is 4. The Kier molecular flexibility index (Phi) is 6.28. The summed E-state index contributed by atoms with van der Waals surface area (Å²) in [5.41, 5.74) is 0.0420. The molecule has 2 aromatic heterocycles. The summed E-state index contributed by atoms with van der Waals surface area (Å²) in [6.07, 6.45) is 5.73. The summed E-state index contributed by atoms with van der Waals surface area (Å²) >= 11 is 0. The van der Waals surface area contributed by atoms with E-state index < -0.39 is 5.60 Å². The molecule has 0 saturated carbocycles. The van der Waals surface area contributed by atoms with E-state index in [0.29, 0.717) is 17.2 Å². The molecule has 0 spiro atoms. The van der Waals surface area contributed by atoms with Crippen molar-refractivity contribution >= 4 is 23.7 Å². The van der Waals surface area contributed by atoms with Crippen molar-refractivity contribution in [2.24, 2.45) is 0 Å². The van der Waals surface area contributed by atoms with Gasteiger partial charge >= 0.3 is 29.6 Å². The van der Waals surface area contributed by atoms with E-state index in [1.54, 1.807) is 12.3 Å². The Hall–Kier alpha value is -1.54. The molecule has 1 aliphatic rings. The van der Waals surface area contributed by atoms with Crippen LogP contribution in [0.3, 0.4) is 0 Å². The molecule has 1 saturated heterocycles. The molecule has 0 atom stereocenters. The van der Waals surface area contributed by atoms with Gasteiger partial charge in [-0.05, 0) is 19.8 Å². The Balaban J connectivity index is 0.00000208. The fourth-order valence-corrected chi connectivity index (χ4v) is 2.45. The molecule has 0 unspecified atom stereocenters. The number of anilines is 3. The first kappa shape index (κ1) is 18.8. The maximum absolute atomic E-state index is 10.0. The van der Waals surface area contributed by atoms with Gasteiger partial charge in [0.1, 0.15) is 18.0 Å². The van der Waals surface area contributed by atoms with Crippen molar-refractivity contribution in [3.8, 4) is 0 Å². The van der Waals surface area contributed by atoms with Crippen LogP contribution in [-0.4, -0.2) is 45.0 Å². The van der Waals surface area contributed by atoms with E-state index in [1.165, 1.54) is 12.5 Å². The SMILES string of the molecule is CC1(O)CCN(c2cc(Nc3c[c-]c(C=N)cn3)ncn2)CC1.[Na+]. The molecule has 3 N–H and O–H groups in total. The van der Waals surface area contributed by atoms with Crippen molar-refractivity contribution < 1.29 is 34.7 Å². The smallest absolute Gasteiger partial charge is 0.390 e.